The molecule has 5 nitrogen and oxygen atoms in total. The number of hydrogen-bond acceptors (Lipinski definition) is 3. The Morgan fingerprint density at radius 1 is 1.26 bits per heavy atom. The molecular formula is C18H24F3N3O2S. The van der Waals surface area contributed by atoms with E-state index in [0.29, 0.717) is 36.2 Å². The van der Waals surface area contributed by atoms with E-state index in [9.17, 15) is 21.6 Å². The summed E-state index contributed by atoms with van der Waals surface area (Å²) in [6.07, 6.45) is -0.316. The topological polar surface area (TPSA) is 64.0 Å². The van der Waals surface area contributed by atoms with Gasteiger partial charge in [0.05, 0.1) is 27.9 Å². The number of alkyl halides is 3. The summed E-state index contributed by atoms with van der Waals surface area (Å²) < 4.78 is 68.7. The van der Waals surface area contributed by atoms with Crippen molar-refractivity contribution in [3.8, 4) is 0 Å². The highest BCUT2D eigenvalue weighted by molar-refractivity contribution is 7.90. The van der Waals surface area contributed by atoms with Crippen molar-refractivity contribution in [2.24, 2.45) is 0 Å². The summed E-state index contributed by atoms with van der Waals surface area (Å²) in [5.41, 5.74) is 0.0289. The van der Waals surface area contributed by atoms with Crippen LogP contribution in [-0.2, 0) is 22.7 Å². The van der Waals surface area contributed by atoms with Crippen LogP contribution < -0.4 is 4.72 Å². The van der Waals surface area contributed by atoms with Crippen LogP contribution in [0.15, 0.2) is 18.2 Å². The zero-order chi connectivity index (χ0) is 19.8. The molecule has 1 aliphatic rings. The molecule has 0 amide bonds. The van der Waals surface area contributed by atoms with E-state index in [1.165, 1.54) is 6.07 Å². The zero-order valence-electron chi connectivity index (χ0n) is 15.4. The Labute approximate surface area is 157 Å². The lowest BCUT2D eigenvalue weighted by Gasteiger charge is -2.24. The second kappa shape index (κ2) is 7.43. The summed E-state index contributed by atoms with van der Waals surface area (Å²) in [6.45, 7) is 3.87. The van der Waals surface area contributed by atoms with Gasteiger partial charge in [-0.2, -0.15) is 13.2 Å². The van der Waals surface area contributed by atoms with Crippen LogP contribution >= 0.6 is 0 Å². The minimum atomic E-state index is -4.44. The lowest BCUT2D eigenvalue weighted by molar-refractivity contribution is -0.137. The van der Waals surface area contributed by atoms with E-state index in [1.54, 1.807) is 18.4 Å². The third kappa shape index (κ3) is 4.13. The fourth-order valence-corrected chi connectivity index (χ4v) is 5.50. The van der Waals surface area contributed by atoms with Gasteiger partial charge in [0.2, 0.25) is 10.0 Å². The highest BCUT2D eigenvalue weighted by Gasteiger charge is 2.32. The molecular weight excluding hydrogens is 379 g/mol. The Kier molecular flexibility index (Phi) is 5.54. The number of fused-ring (bicyclic) bond motifs is 1. The maximum absolute atomic E-state index is 13.0. The standard InChI is InChI=1S/C18H24F3N3O2S/c1-3-24-16-11-13(18(19,20)21)9-10-15(16)22-17(24)12(2)23-27(25,26)14-7-5-4-6-8-14/h9-12,14,23H,3-8H2,1-2H3/t12-/m1/s1. The summed E-state index contributed by atoms with van der Waals surface area (Å²) in [7, 11) is -3.51. The van der Waals surface area contributed by atoms with Crippen molar-refractivity contribution in [1.29, 1.82) is 0 Å². The van der Waals surface area contributed by atoms with E-state index < -0.39 is 33.1 Å². The lowest BCUT2D eigenvalue weighted by Crippen LogP contribution is -2.37. The summed E-state index contributed by atoms with van der Waals surface area (Å²) in [6, 6.07) is 2.77. The molecule has 1 atom stereocenters. The normalized spacial score (nSPS) is 18.1. The Hall–Kier alpha value is -1.61. The second-order valence-electron chi connectivity index (χ2n) is 7.06. The average molecular weight is 403 g/mol. The van der Waals surface area contributed by atoms with Crippen molar-refractivity contribution < 1.29 is 21.6 Å². The van der Waals surface area contributed by atoms with E-state index in [-0.39, 0.29) is 0 Å². The zero-order valence-corrected chi connectivity index (χ0v) is 16.2. The first-order chi connectivity index (χ1) is 12.6. The van der Waals surface area contributed by atoms with Crippen LogP contribution in [0.3, 0.4) is 0 Å². The molecule has 9 heteroatoms. The molecule has 0 aliphatic heterocycles. The Balaban J connectivity index is 1.93. The minimum Gasteiger partial charge on any atom is -0.327 e. The van der Waals surface area contributed by atoms with Gasteiger partial charge in [-0.15, -0.1) is 0 Å². The van der Waals surface area contributed by atoms with Crippen molar-refractivity contribution in [3.63, 3.8) is 0 Å². The van der Waals surface area contributed by atoms with Gasteiger partial charge in [0.25, 0.3) is 0 Å². The number of imidazole rings is 1. The summed E-state index contributed by atoms with van der Waals surface area (Å²) in [5.74, 6) is 0.422. The molecule has 0 unspecified atom stereocenters. The molecule has 0 spiro atoms. The van der Waals surface area contributed by atoms with Crippen molar-refractivity contribution in [2.45, 2.75) is 70.0 Å². The Morgan fingerprint density at radius 2 is 1.93 bits per heavy atom. The SMILES string of the molecule is CCn1c([C@@H](C)NS(=O)(=O)C2CCCCC2)nc2ccc(C(F)(F)F)cc21. The van der Waals surface area contributed by atoms with Gasteiger partial charge in [-0.05, 0) is 44.9 Å². The molecule has 0 bridgehead atoms. The third-order valence-electron chi connectivity index (χ3n) is 5.14. The number of rotatable bonds is 5. The van der Waals surface area contributed by atoms with Crippen molar-refractivity contribution >= 4 is 21.1 Å². The molecule has 2 aromatic rings. The fraction of sp³-hybridized carbons (Fsp3) is 0.611. The van der Waals surface area contributed by atoms with Crippen LogP contribution in [0.2, 0.25) is 0 Å². The summed E-state index contributed by atoms with van der Waals surface area (Å²) in [4.78, 5) is 4.40. The molecule has 1 heterocycles. The van der Waals surface area contributed by atoms with Gasteiger partial charge in [0.15, 0.2) is 0 Å². The molecule has 1 aromatic heterocycles. The van der Waals surface area contributed by atoms with Crippen LogP contribution in [0.4, 0.5) is 13.2 Å². The smallest absolute Gasteiger partial charge is 0.327 e. The molecule has 27 heavy (non-hydrogen) atoms. The van der Waals surface area contributed by atoms with Crippen LogP contribution in [0.25, 0.3) is 11.0 Å². The second-order valence-corrected chi connectivity index (χ2v) is 9.05. The minimum absolute atomic E-state index is 0.353. The number of aromatic nitrogens is 2. The maximum Gasteiger partial charge on any atom is 0.416 e. The quantitative estimate of drug-likeness (QED) is 0.805. The molecule has 1 fully saturated rings. The number of sulfonamides is 1. The summed E-state index contributed by atoms with van der Waals surface area (Å²) >= 11 is 0. The molecule has 150 valence electrons. The molecule has 0 saturated heterocycles. The van der Waals surface area contributed by atoms with Crippen LogP contribution in [0.5, 0.6) is 0 Å². The predicted molar refractivity (Wildman–Crippen MR) is 97.8 cm³/mol. The first kappa shape index (κ1) is 20.1. The Bertz CT molecular complexity index is 916. The van der Waals surface area contributed by atoms with E-state index in [4.69, 9.17) is 0 Å². The van der Waals surface area contributed by atoms with E-state index in [1.807, 2.05) is 0 Å². The maximum atomic E-state index is 13.0. The monoisotopic (exact) mass is 403 g/mol. The van der Waals surface area contributed by atoms with E-state index in [2.05, 4.69) is 9.71 Å². The van der Waals surface area contributed by atoms with Crippen LogP contribution in [-0.4, -0.2) is 23.2 Å². The highest BCUT2D eigenvalue weighted by atomic mass is 32.2. The van der Waals surface area contributed by atoms with Gasteiger partial charge in [0, 0.05) is 6.54 Å². The first-order valence-corrected chi connectivity index (χ1v) is 10.8. The van der Waals surface area contributed by atoms with Gasteiger partial charge in [-0.1, -0.05) is 19.3 Å². The van der Waals surface area contributed by atoms with Crippen molar-refractivity contribution in [3.05, 3.63) is 29.6 Å². The van der Waals surface area contributed by atoms with Gasteiger partial charge in [-0.25, -0.2) is 18.1 Å². The van der Waals surface area contributed by atoms with Crippen molar-refractivity contribution in [2.75, 3.05) is 0 Å². The predicted octanol–water partition coefficient (Wildman–Crippen LogP) is 4.39. The van der Waals surface area contributed by atoms with Crippen molar-refractivity contribution in [1.82, 2.24) is 14.3 Å². The number of benzene rings is 1. The molecule has 3 rings (SSSR count). The van der Waals surface area contributed by atoms with E-state index in [0.717, 1.165) is 31.4 Å². The lowest BCUT2D eigenvalue weighted by atomic mass is 10.0. The molecule has 1 saturated carbocycles. The Morgan fingerprint density at radius 3 is 2.52 bits per heavy atom. The van der Waals surface area contributed by atoms with Gasteiger partial charge in [-0.3, -0.25) is 0 Å². The largest absolute Gasteiger partial charge is 0.416 e. The van der Waals surface area contributed by atoms with Crippen LogP contribution in [0, 0.1) is 0 Å². The average Bonchev–Trinajstić information content (AvgIpc) is 2.99. The number of aryl methyl sites for hydroxylation is 1. The van der Waals surface area contributed by atoms with Gasteiger partial charge >= 0.3 is 6.18 Å². The molecule has 1 aromatic carbocycles. The third-order valence-corrected chi connectivity index (χ3v) is 7.17. The number of hydrogen-bond donors (Lipinski definition) is 1. The van der Waals surface area contributed by atoms with E-state index >= 15 is 0 Å². The fourth-order valence-electron chi connectivity index (χ4n) is 3.75. The molecule has 0 radical (unpaired) electrons. The van der Waals surface area contributed by atoms with Gasteiger partial charge < -0.3 is 4.57 Å². The molecule has 1 aliphatic carbocycles. The summed E-state index contributed by atoms with van der Waals surface area (Å²) in [5, 5.41) is -0.412. The molecule has 1 N–H and O–H groups in total. The van der Waals surface area contributed by atoms with Crippen LogP contribution in [0.1, 0.15) is 63.4 Å². The number of nitrogens with one attached hydrogen (secondary N) is 1. The number of halogens is 3. The highest BCUT2D eigenvalue weighted by Crippen LogP contribution is 2.32. The number of nitrogens with zero attached hydrogens (tertiary/aromatic N) is 2. The first-order valence-electron chi connectivity index (χ1n) is 9.22. The van der Waals surface area contributed by atoms with Gasteiger partial charge in [0.1, 0.15) is 5.82 Å².